The van der Waals surface area contributed by atoms with E-state index in [9.17, 15) is 39.6 Å². The third-order valence-electron chi connectivity index (χ3n) is 10.5. The number of aliphatic hydroxyl groups excluding tert-OH is 2. The molecule has 1 aromatic carbocycles. The normalized spacial score (nSPS) is 35.3. The van der Waals surface area contributed by atoms with Crippen molar-refractivity contribution in [3.05, 3.63) is 22.8 Å². The van der Waals surface area contributed by atoms with E-state index in [1.807, 2.05) is 27.7 Å². The zero-order valence-electron chi connectivity index (χ0n) is 26.2. The summed E-state index contributed by atoms with van der Waals surface area (Å²) >= 11 is 0. The number of aromatic hydroxyl groups is 1. The molecule has 3 aliphatic rings. The minimum absolute atomic E-state index is 0.0350. The summed E-state index contributed by atoms with van der Waals surface area (Å²) in [5.41, 5.74) is 1.81. The number of nitrogens with one attached hydrogen (secondary N) is 2. The van der Waals surface area contributed by atoms with E-state index in [4.69, 9.17) is 5.73 Å². The number of anilines is 1. The van der Waals surface area contributed by atoms with E-state index < -0.39 is 75.6 Å². The number of aliphatic hydroxyl groups is 3. The third-order valence-corrected chi connectivity index (χ3v) is 10.5. The van der Waals surface area contributed by atoms with Crippen LogP contribution in [0.15, 0.2) is 6.07 Å². The smallest absolute Gasteiger partial charge is 0.319 e. The van der Waals surface area contributed by atoms with Crippen molar-refractivity contribution in [1.82, 2.24) is 5.32 Å². The number of hydrogen-bond acceptors (Lipinski definition) is 8. The molecule has 3 aliphatic carbocycles. The molecule has 0 radical (unpaired) electrons. The standard InChI is InChI=1S/C32H47N3O8/c1-8-9-10-34-29(42)35-18-11-16(14(2)3)17-12-30(6)13-31(7)21(15(4)5)25(38)20(28(33)41)26(39)32(31,43)27(40)22(30)24(37)19(17)23(18)36/h11,14-15,20-22,25,27,36,38,40,43H,8-10,12-13H2,1-7H3,(H2,33,41)(H2,34,35,42)/t20-,21+,22-,25?,27?,30-,31-,32+/m1/s1. The van der Waals surface area contributed by atoms with E-state index in [0.29, 0.717) is 12.1 Å². The van der Waals surface area contributed by atoms with Crippen LogP contribution in [0.3, 0.4) is 0 Å². The summed E-state index contributed by atoms with van der Waals surface area (Å²) in [5, 5.41) is 52.3. The molecule has 3 amide bonds. The topological polar surface area (TPSA) is 199 Å². The Labute approximate surface area is 252 Å². The van der Waals surface area contributed by atoms with E-state index in [1.165, 1.54) is 0 Å². The molecule has 0 aliphatic heterocycles. The highest BCUT2D eigenvalue weighted by Gasteiger charge is 2.76. The first-order valence-electron chi connectivity index (χ1n) is 15.3. The third kappa shape index (κ3) is 4.75. The lowest BCUT2D eigenvalue weighted by Crippen LogP contribution is -2.79. The van der Waals surface area contributed by atoms with Crippen molar-refractivity contribution in [2.24, 2.45) is 40.2 Å². The molecule has 2 saturated carbocycles. The number of rotatable bonds is 7. The number of amides is 3. The largest absolute Gasteiger partial charge is 0.505 e. The molecular formula is C32H47N3O8. The summed E-state index contributed by atoms with van der Waals surface area (Å²) in [4.78, 5) is 53.3. The highest BCUT2D eigenvalue weighted by Crippen LogP contribution is 2.66. The molecule has 11 nitrogen and oxygen atoms in total. The van der Waals surface area contributed by atoms with Gasteiger partial charge >= 0.3 is 6.03 Å². The van der Waals surface area contributed by atoms with Crippen LogP contribution >= 0.6 is 0 Å². The van der Waals surface area contributed by atoms with Crippen molar-refractivity contribution in [3.63, 3.8) is 0 Å². The van der Waals surface area contributed by atoms with Gasteiger partial charge in [0.25, 0.3) is 0 Å². The maximum Gasteiger partial charge on any atom is 0.319 e. The Balaban J connectivity index is 1.89. The fourth-order valence-electron chi connectivity index (χ4n) is 8.78. The number of fused-ring (bicyclic) bond motifs is 3. The number of benzene rings is 1. The molecule has 0 saturated heterocycles. The number of urea groups is 1. The number of phenols is 1. The first-order chi connectivity index (χ1) is 19.9. The van der Waals surface area contributed by atoms with E-state index in [1.54, 1.807) is 26.8 Å². The number of nitrogens with two attached hydrogens (primary N) is 1. The van der Waals surface area contributed by atoms with E-state index in [-0.39, 0.29) is 35.9 Å². The molecule has 4 rings (SSSR count). The summed E-state index contributed by atoms with van der Waals surface area (Å²) < 4.78 is 0. The highest BCUT2D eigenvalue weighted by atomic mass is 16.4. The highest BCUT2D eigenvalue weighted by molar-refractivity contribution is 6.10. The second kappa shape index (κ2) is 11.2. The molecule has 8 atom stereocenters. The number of ketones is 2. The summed E-state index contributed by atoms with van der Waals surface area (Å²) in [6.07, 6.45) is -1.51. The van der Waals surface area contributed by atoms with Gasteiger partial charge in [-0.25, -0.2) is 4.79 Å². The van der Waals surface area contributed by atoms with Gasteiger partial charge in [-0.05, 0) is 59.6 Å². The van der Waals surface area contributed by atoms with Crippen LogP contribution in [0.2, 0.25) is 0 Å². The number of primary amides is 1. The van der Waals surface area contributed by atoms with Gasteiger partial charge in [0.1, 0.15) is 17.8 Å². The molecule has 0 bridgehead atoms. The summed E-state index contributed by atoms with van der Waals surface area (Å²) in [6.45, 7) is 13.3. The molecule has 1 aromatic rings. The predicted octanol–water partition coefficient (Wildman–Crippen LogP) is 2.62. The van der Waals surface area contributed by atoms with Gasteiger partial charge in [0.05, 0.1) is 23.3 Å². The second-order valence-electron chi connectivity index (χ2n) is 14.1. The first kappa shape index (κ1) is 32.9. The molecule has 0 aromatic heterocycles. The fourth-order valence-corrected chi connectivity index (χ4v) is 8.78. The van der Waals surface area contributed by atoms with Crippen LogP contribution in [-0.2, 0) is 16.0 Å². The van der Waals surface area contributed by atoms with Crippen LogP contribution in [0, 0.1) is 34.5 Å². The lowest BCUT2D eigenvalue weighted by Gasteiger charge is -2.66. The van der Waals surface area contributed by atoms with Gasteiger partial charge in [-0.2, -0.15) is 0 Å². The zero-order valence-corrected chi connectivity index (χ0v) is 26.2. The van der Waals surface area contributed by atoms with Gasteiger partial charge in [0.15, 0.2) is 17.2 Å². The molecular weight excluding hydrogens is 554 g/mol. The second-order valence-corrected chi connectivity index (χ2v) is 14.1. The van der Waals surface area contributed by atoms with Crippen LogP contribution in [0.4, 0.5) is 10.5 Å². The van der Waals surface area contributed by atoms with Crippen LogP contribution in [0.25, 0.3) is 0 Å². The van der Waals surface area contributed by atoms with Crippen molar-refractivity contribution in [3.8, 4) is 5.75 Å². The van der Waals surface area contributed by atoms with Crippen molar-refractivity contribution in [1.29, 1.82) is 0 Å². The van der Waals surface area contributed by atoms with Gasteiger partial charge in [-0.3, -0.25) is 14.4 Å². The van der Waals surface area contributed by atoms with Crippen LogP contribution in [-0.4, -0.2) is 68.3 Å². The van der Waals surface area contributed by atoms with E-state index >= 15 is 0 Å². The Hall–Kier alpha value is -3.02. The number of phenolic OH excluding ortho intramolecular Hbond substituents is 1. The minimum Gasteiger partial charge on any atom is -0.505 e. The van der Waals surface area contributed by atoms with Gasteiger partial charge in [0.2, 0.25) is 5.91 Å². The molecule has 0 spiro atoms. The monoisotopic (exact) mass is 601 g/mol. The molecule has 8 N–H and O–H groups in total. The summed E-state index contributed by atoms with van der Waals surface area (Å²) in [5.74, 6) is -7.69. The molecule has 238 valence electrons. The van der Waals surface area contributed by atoms with Crippen molar-refractivity contribution >= 4 is 29.2 Å². The van der Waals surface area contributed by atoms with Gasteiger partial charge < -0.3 is 36.8 Å². The van der Waals surface area contributed by atoms with Crippen molar-refractivity contribution in [2.75, 3.05) is 11.9 Å². The fraction of sp³-hybridized carbons (Fsp3) is 0.688. The van der Waals surface area contributed by atoms with Crippen LogP contribution < -0.4 is 16.4 Å². The Morgan fingerprint density at radius 1 is 1.14 bits per heavy atom. The SMILES string of the molecule is CCCCNC(=O)Nc1cc(C(C)C)c2c(c1O)C(=O)[C@@H]1C(O)[C@@]3(O)C(=O)[C@H](C(N)=O)C(O)[C@H](C(C)C)[C@@]3(C)C[C@@]1(C)C2. The lowest BCUT2D eigenvalue weighted by atomic mass is 9.39. The predicted molar refractivity (Wildman–Crippen MR) is 159 cm³/mol. The molecule has 11 heteroatoms. The van der Waals surface area contributed by atoms with Gasteiger partial charge in [-0.1, -0.05) is 54.9 Å². The van der Waals surface area contributed by atoms with Gasteiger partial charge in [0, 0.05) is 12.0 Å². The van der Waals surface area contributed by atoms with Crippen molar-refractivity contribution in [2.45, 2.75) is 97.9 Å². The molecule has 2 fully saturated rings. The van der Waals surface area contributed by atoms with E-state index in [0.717, 1.165) is 18.4 Å². The Morgan fingerprint density at radius 2 is 1.77 bits per heavy atom. The number of carbonyl (C=O) groups is 4. The Kier molecular flexibility index (Phi) is 8.54. The summed E-state index contributed by atoms with van der Waals surface area (Å²) in [6, 6.07) is 1.12. The Morgan fingerprint density at radius 3 is 2.30 bits per heavy atom. The Bertz CT molecular complexity index is 1340. The maximum absolute atomic E-state index is 14.4. The van der Waals surface area contributed by atoms with Crippen LogP contribution in [0.1, 0.15) is 95.1 Å². The molecule has 2 unspecified atom stereocenters. The van der Waals surface area contributed by atoms with E-state index in [2.05, 4.69) is 10.6 Å². The van der Waals surface area contributed by atoms with Gasteiger partial charge in [-0.15, -0.1) is 0 Å². The number of unbranched alkanes of at least 4 members (excludes halogenated alkanes) is 1. The zero-order chi connectivity index (χ0) is 32.4. The average molecular weight is 602 g/mol. The average Bonchev–Trinajstić information content (AvgIpc) is 2.87. The number of Topliss-reactive ketones (excluding diaryl/α,β-unsaturated/α-hetero) is 2. The number of carbonyl (C=O) groups excluding carboxylic acids is 4. The quantitative estimate of drug-likeness (QED) is 0.140. The minimum atomic E-state index is -2.58. The van der Waals surface area contributed by atoms with Crippen molar-refractivity contribution < 1.29 is 39.6 Å². The molecule has 0 heterocycles. The molecule has 43 heavy (non-hydrogen) atoms. The summed E-state index contributed by atoms with van der Waals surface area (Å²) in [7, 11) is 0. The lowest BCUT2D eigenvalue weighted by molar-refractivity contribution is -0.265. The first-order valence-corrected chi connectivity index (χ1v) is 15.3. The van der Waals surface area contributed by atoms with Crippen LogP contribution in [0.5, 0.6) is 5.75 Å². The maximum atomic E-state index is 14.4. The number of hydrogen-bond donors (Lipinski definition) is 7.